The number of aryl methyl sites for hydroxylation is 2. The van der Waals surface area contributed by atoms with Gasteiger partial charge in [-0.05, 0) is 32.4 Å². The first-order valence-corrected chi connectivity index (χ1v) is 4.89. The molecule has 3 heteroatoms. The van der Waals surface area contributed by atoms with Crippen LogP contribution in [0.3, 0.4) is 0 Å². The monoisotopic (exact) mass is 204 g/mol. The SMILES string of the molecule is CC(=O)N/N=C(/C)c1cc(C)ccc1C. The predicted octanol–water partition coefficient (Wildman–Crippen LogP) is 2.16. The predicted molar refractivity (Wildman–Crippen MR) is 61.9 cm³/mol. The lowest BCUT2D eigenvalue weighted by atomic mass is 10.0. The lowest BCUT2D eigenvalue weighted by molar-refractivity contribution is -0.118. The smallest absolute Gasteiger partial charge is 0.236 e. The van der Waals surface area contributed by atoms with Gasteiger partial charge in [0.05, 0.1) is 5.71 Å². The summed E-state index contributed by atoms with van der Waals surface area (Å²) < 4.78 is 0. The molecule has 1 N–H and O–H groups in total. The van der Waals surface area contributed by atoms with Gasteiger partial charge < -0.3 is 0 Å². The summed E-state index contributed by atoms with van der Waals surface area (Å²) in [6.07, 6.45) is 0. The van der Waals surface area contributed by atoms with Crippen molar-refractivity contribution in [3.8, 4) is 0 Å². The Morgan fingerprint density at radius 1 is 1.27 bits per heavy atom. The first-order chi connectivity index (χ1) is 7.00. The highest BCUT2D eigenvalue weighted by atomic mass is 16.2. The van der Waals surface area contributed by atoms with Crippen LogP contribution in [0.1, 0.15) is 30.5 Å². The zero-order valence-electron chi connectivity index (χ0n) is 9.59. The van der Waals surface area contributed by atoms with E-state index in [2.05, 4.69) is 28.7 Å². The summed E-state index contributed by atoms with van der Waals surface area (Å²) in [5, 5.41) is 4.01. The maximum Gasteiger partial charge on any atom is 0.236 e. The maximum atomic E-state index is 10.7. The van der Waals surface area contributed by atoms with Crippen LogP contribution < -0.4 is 5.43 Å². The van der Waals surface area contributed by atoms with E-state index in [1.54, 1.807) is 0 Å². The van der Waals surface area contributed by atoms with Crippen molar-refractivity contribution in [3.63, 3.8) is 0 Å². The third kappa shape index (κ3) is 3.20. The fourth-order valence-electron chi connectivity index (χ4n) is 1.35. The Morgan fingerprint density at radius 3 is 2.53 bits per heavy atom. The van der Waals surface area contributed by atoms with Gasteiger partial charge in [-0.1, -0.05) is 17.7 Å². The highest BCUT2D eigenvalue weighted by molar-refractivity contribution is 6.00. The quantitative estimate of drug-likeness (QED) is 0.582. The average molecular weight is 204 g/mol. The summed E-state index contributed by atoms with van der Waals surface area (Å²) >= 11 is 0. The van der Waals surface area contributed by atoms with E-state index in [1.165, 1.54) is 12.5 Å². The summed E-state index contributed by atoms with van der Waals surface area (Å²) in [5.74, 6) is -0.153. The molecule has 0 bridgehead atoms. The molecule has 3 nitrogen and oxygen atoms in total. The van der Waals surface area contributed by atoms with Crippen LogP contribution in [0.15, 0.2) is 23.3 Å². The van der Waals surface area contributed by atoms with Gasteiger partial charge in [0.2, 0.25) is 5.91 Å². The third-order valence-corrected chi connectivity index (χ3v) is 2.16. The molecule has 80 valence electrons. The van der Waals surface area contributed by atoms with Gasteiger partial charge in [-0.2, -0.15) is 5.10 Å². The maximum absolute atomic E-state index is 10.7. The fraction of sp³-hybridized carbons (Fsp3) is 0.333. The average Bonchev–Trinajstić information content (AvgIpc) is 2.18. The van der Waals surface area contributed by atoms with E-state index in [4.69, 9.17) is 0 Å². The second-order valence-corrected chi connectivity index (χ2v) is 3.68. The van der Waals surface area contributed by atoms with Crippen molar-refractivity contribution >= 4 is 11.6 Å². The molecule has 0 saturated carbocycles. The number of hydrogen-bond acceptors (Lipinski definition) is 2. The molecule has 0 atom stereocenters. The summed E-state index contributed by atoms with van der Waals surface area (Å²) in [6, 6.07) is 6.18. The zero-order chi connectivity index (χ0) is 11.4. The van der Waals surface area contributed by atoms with E-state index < -0.39 is 0 Å². The van der Waals surface area contributed by atoms with Crippen molar-refractivity contribution in [3.05, 3.63) is 34.9 Å². The third-order valence-electron chi connectivity index (χ3n) is 2.16. The molecule has 0 unspecified atom stereocenters. The summed E-state index contributed by atoms with van der Waals surface area (Å²) in [5.41, 5.74) is 6.69. The molecule has 1 rings (SSSR count). The van der Waals surface area contributed by atoms with Gasteiger partial charge in [-0.15, -0.1) is 0 Å². The number of hydrazone groups is 1. The first kappa shape index (κ1) is 11.4. The molecule has 0 heterocycles. The topological polar surface area (TPSA) is 41.5 Å². The number of benzene rings is 1. The molecule has 0 aromatic heterocycles. The van der Waals surface area contributed by atoms with Crippen LogP contribution in [-0.2, 0) is 4.79 Å². The van der Waals surface area contributed by atoms with Crippen molar-refractivity contribution in [1.82, 2.24) is 5.43 Å². The van der Waals surface area contributed by atoms with E-state index in [0.29, 0.717) is 0 Å². The van der Waals surface area contributed by atoms with E-state index in [-0.39, 0.29) is 5.91 Å². The number of nitrogens with zero attached hydrogens (tertiary/aromatic N) is 1. The highest BCUT2D eigenvalue weighted by Crippen LogP contribution is 2.11. The Hall–Kier alpha value is -1.64. The van der Waals surface area contributed by atoms with Crippen LogP contribution in [0.4, 0.5) is 0 Å². The molecule has 1 amide bonds. The Balaban J connectivity index is 2.99. The Labute approximate surface area is 90.2 Å². The second kappa shape index (κ2) is 4.73. The normalized spacial score (nSPS) is 11.3. The van der Waals surface area contributed by atoms with Crippen molar-refractivity contribution in [1.29, 1.82) is 0 Å². The largest absolute Gasteiger partial charge is 0.274 e. The van der Waals surface area contributed by atoms with E-state index >= 15 is 0 Å². The highest BCUT2D eigenvalue weighted by Gasteiger charge is 2.02. The van der Waals surface area contributed by atoms with Gasteiger partial charge in [0, 0.05) is 12.5 Å². The van der Waals surface area contributed by atoms with Crippen molar-refractivity contribution < 1.29 is 4.79 Å². The van der Waals surface area contributed by atoms with Crippen molar-refractivity contribution in [2.45, 2.75) is 27.7 Å². The van der Waals surface area contributed by atoms with Crippen molar-refractivity contribution in [2.24, 2.45) is 5.10 Å². The molecule has 0 saturated heterocycles. The van der Waals surface area contributed by atoms with Crippen LogP contribution in [0, 0.1) is 13.8 Å². The van der Waals surface area contributed by atoms with Gasteiger partial charge in [0.1, 0.15) is 0 Å². The minimum atomic E-state index is -0.153. The number of rotatable bonds is 2. The molecule has 0 spiro atoms. The number of carbonyl (C=O) groups excluding carboxylic acids is 1. The van der Waals surface area contributed by atoms with E-state index in [1.807, 2.05) is 20.8 Å². The van der Waals surface area contributed by atoms with Gasteiger partial charge in [-0.25, -0.2) is 5.43 Å². The van der Waals surface area contributed by atoms with Crippen LogP contribution in [-0.4, -0.2) is 11.6 Å². The molecular weight excluding hydrogens is 188 g/mol. The fourth-order valence-corrected chi connectivity index (χ4v) is 1.35. The van der Waals surface area contributed by atoms with Gasteiger partial charge >= 0.3 is 0 Å². The Morgan fingerprint density at radius 2 is 1.93 bits per heavy atom. The van der Waals surface area contributed by atoms with Crippen molar-refractivity contribution in [2.75, 3.05) is 0 Å². The first-order valence-electron chi connectivity index (χ1n) is 4.89. The molecule has 15 heavy (non-hydrogen) atoms. The van der Waals surface area contributed by atoms with Gasteiger partial charge in [0.15, 0.2) is 0 Å². The molecule has 0 aliphatic carbocycles. The molecule has 1 aromatic rings. The number of carbonyl (C=O) groups is 1. The Kier molecular flexibility index (Phi) is 3.61. The lowest BCUT2D eigenvalue weighted by Gasteiger charge is -2.06. The zero-order valence-corrected chi connectivity index (χ0v) is 9.59. The van der Waals surface area contributed by atoms with Crippen LogP contribution >= 0.6 is 0 Å². The van der Waals surface area contributed by atoms with E-state index in [9.17, 15) is 4.79 Å². The second-order valence-electron chi connectivity index (χ2n) is 3.68. The molecular formula is C12H16N2O. The summed E-state index contributed by atoms with van der Waals surface area (Å²) in [4.78, 5) is 10.7. The van der Waals surface area contributed by atoms with Crippen LogP contribution in [0.25, 0.3) is 0 Å². The number of amides is 1. The Bertz CT molecular complexity index is 408. The summed E-state index contributed by atoms with van der Waals surface area (Å²) in [7, 11) is 0. The van der Waals surface area contributed by atoms with Crippen LogP contribution in [0.2, 0.25) is 0 Å². The number of hydrogen-bond donors (Lipinski definition) is 1. The molecule has 0 aliphatic heterocycles. The summed E-state index contributed by atoms with van der Waals surface area (Å²) in [6.45, 7) is 7.40. The minimum Gasteiger partial charge on any atom is -0.274 e. The molecule has 0 radical (unpaired) electrons. The molecule has 0 aliphatic rings. The standard InChI is InChI=1S/C12H16N2O/c1-8-5-6-9(2)12(7-8)10(3)13-14-11(4)15/h5-7H,1-4H3,(H,14,15)/b13-10-. The van der Waals surface area contributed by atoms with Gasteiger partial charge in [-0.3, -0.25) is 4.79 Å². The number of nitrogens with one attached hydrogen (secondary N) is 1. The molecule has 0 fully saturated rings. The minimum absolute atomic E-state index is 0.153. The van der Waals surface area contributed by atoms with Crippen LogP contribution in [0.5, 0.6) is 0 Å². The van der Waals surface area contributed by atoms with E-state index in [0.717, 1.165) is 16.8 Å². The van der Waals surface area contributed by atoms with Gasteiger partial charge in [0.25, 0.3) is 0 Å². The molecule has 1 aromatic carbocycles. The lowest BCUT2D eigenvalue weighted by Crippen LogP contribution is -2.15.